The number of nitrogens with two attached hydrogens (primary N) is 1. The van der Waals surface area contributed by atoms with E-state index in [-0.39, 0.29) is 36.1 Å². The summed E-state index contributed by atoms with van der Waals surface area (Å²) in [5.41, 5.74) is 6.09. The molecule has 3 rings (SSSR count). The lowest BCUT2D eigenvalue weighted by Crippen LogP contribution is -2.43. The molecular formula is C20H35Cl2N3OS. The maximum Gasteiger partial charge on any atom is 0.220 e. The Labute approximate surface area is 180 Å². The van der Waals surface area contributed by atoms with Gasteiger partial charge in [-0.2, -0.15) is 0 Å². The fourth-order valence-electron chi connectivity index (χ4n) is 4.50. The van der Waals surface area contributed by atoms with Gasteiger partial charge in [0.25, 0.3) is 0 Å². The number of nitrogens with zero attached hydrogens (tertiary/aromatic N) is 1. The lowest BCUT2D eigenvalue weighted by molar-refractivity contribution is -0.124. The van der Waals surface area contributed by atoms with E-state index in [1.165, 1.54) is 43.5 Å². The van der Waals surface area contributed by atoms with Crippen molar-refractivity contribution < 1.29 is 4.79 Å². The van der Waals surface area contributed by atoms with Crippen molar-refractivity contribution in [3.05, 3.63) is 22.4 Å². The molecule has 0 aromatic carbocycles. The van der Waals surface area contributed by atoms with Crippen molar-refractivity contribution in [2.45, 2.75) is 57.9 Å². The highest BCUT2D eigenvalue weighted by Crippen LogP contribution is 2.38. The number of hydrogen-bond acceptors (Lipinski definition) is 4. The maximum absolute atomic E-state index is 12.5. The van der Waals surface area contributed by atoms with E-state index in [9.17, 15) is 4.79 Å². The summed E-state index contributed by atoms with van der Waals surface area (Å²) in [7, 11) is 0. The molecule has 2 heterocycles. The second-order valence-corrected chi connectivity index (χ2v) is 9.10. The van der Waals surface area contributed by atoms with Crippen LogP contribution < -0.4 is 11.1 Å². The van der Waals surface area contributed by atoms with Crippen molar-refractivity contribution in [3.63, 3.8) is 0 Å². The molecule has 2 aliphatic rings. The quantitative estimate of drug-likeness (QED) is 0.673. The molecule has 1 unspecified atom stereocenters. The molecule has 1 atom stereocenters. The van der Waals surface area contributed by atoms with E-state index in [1.807, 2.05) is 11.3 Å². The van der Waals surface area contributed by atoms with Crippen molar-refractivity contribution in [1.29, 1.82) is 0 Å². The lowest BCUT2D eigenvalue weighted by atomic mass is 9.71. The van der Waals surface area contributed by atoms with Crippen LogP contribution in [0.3, 0.4) is 0 Å². The molecule has 1 aromatic heterocycles. The molecule has 0 radical (unpaired) electrons. The number of halogens is 2. The average molecular weight is 436 g/mol. The largest absolute Gasteiger partial charge is 0.356 e. The number of nitrogens with one attached hydrogen (secondary N) is 1. The van der Waals surface area contributed by atoms with Crippen molar-refractivity contribution in [3.8, 4) is 0 Å². The van der Waals surface area contributed by atoms with Crippen LogP contribution in [0.4, 0.5) is 0 Å². The average Bonchev–Trinajstić information content (AvgIpc) is 3.14. The predicted molar refractivity (Wildman–Crippen MR) is 119 cm³/mol. The normalized spacial score (nSPS) is 22.3. The zero-order valence-electron chi connectivity index (χ0n) is 16.2. The van der Waals surface area contributed by atoms with E-state index < -0.39 is 0 Å². The molecule has 156 valence electrons. The van der Waals surface area contributed by atoms with Crippen LogP contribution in [0.15, 0.2) is 17.5 Å². The number of rotatable bonds is 7. The standard InChI is InChI=1S/C20H33N3OS.2ClH/c21-16-20(8-2-1-3-9-20)12-19(24)22-13-17-6-4-10-23(14-17)15-18-7-5-11-25-18;;/h5,7,11,17H,1-4,6,8-10,12-16,21H2,(H,22,24);2*1H. The third kappa shape index (κ3) is 7.54. The molecule has 2 fully saturated rings. The van der Waals surface area contributed by atoms with Gasteiger partial charge >= 0.3 is 0 Å². The van der Waals surface area contributed by atoms with Crippen LogP contribution in [0.1, 0.15) is 56.2 Å². The van der Waals surface area contributed by atoms with Crippen LogP contribution in [0, 0.1) is 11.3 Å². The first-order chi connectivity index (χ1) is 12.2. The first-order valence-electron chi connectivity index (χ1n) is 9.91. The highest BCUT2D eigenvalue weighted by molar-refractivity contribution is 7.09. The lowest BCUT2D eigenvalue weighted by Gasteiger charge is -2.36. The number of carbonyl (C=O) groups excluding carboxylic acids is 1. The topological polar surface area (TPSA) is 58.4 Å². The molecule has 4 nitrogen and oxygen atoms in total. The Hall–Kier alpha value is -0.330. The molecular weight excluding hydrogens is 401 g/mol. The number of carbonyl (C=O) groups is 1. The van der Waals surface area contributed by atoms with Crippen LogP contribution in [0.5, 0.6) is 0 Å². The summed E-state index contributed by atoms with van der Waals surface area (Å²) in [5, 5.41) is 5.37. The minimum absolute atomic E-state index is 0. The SMILES string of the molecule is Cl.Cl.NCC1(CC(=O)NCC2CCCN(Cc3cccs3)C2)CCCCC1. The van der Waals surface area contributed by atoms with Crippen molar-refractivity contribution in [1.82, 2.24) is 10.2 Å². The number of amides is 1. The highest BCUT2D eigenvalue weighted by Gasteiger charge is 2.33. The summed E-state index contributed by atoms with van der Waals surface area (Å²) in [6, 6.07) is 4.34. The van der Waals surface area contributed by atoms with E-state index >= 15 is 0 Å². The second-order valence-electron chi connectivity index (χ2n) is 8.07. The van der Waals surface area contributed by atoms with Crippen LogP contribution in [-0.4, -0.2) is 37.0 Å². The summed E-state index contributed by atoms with van der Waals surface area (Å²) < 4.78 is 0. The van der Waals surface area contributed by atoms with E-state index in [1.54, 1.807) is 0 Å². The summed E-state index contributed by atoms with van der Waals surface area (Å²) in [6.45, 7) is 4.80. The fraction of sp³-hybridized carbons (Fsp3) is 0.750. The van der Waals surface area contributed by atoms with Crippen LogP contribution in [-0.2, 0) is 11.3 Å². The van der Waals surface area contributed by atoms with Gasteiger partial charge in [0.05, 0.1) is 0 Å². The second kappa shape index (κ2) is 12.3. The maximum atomic E-state index is 12.5. The van der Waals surface area contributed by atoms with Gasteiger partial charge in [-0.15, -0.1) is 36.2 Å². The number of likely N-dealkylation sites (tertiary alicyclic amines) is 1. The van der Waals surface area contributed by atoms with Gasteiger partial charge in [0.15, 0.2) is 0 Å². The molecule has 0 spiro atoms. The van der Waals surface area contributed by atoms with E-state index in [2.05, 4.69) is 27.7 Å². The fourth-order valence-corrected chi connectivity index (χ4v) is 5.25. The number of hydrogen-bond donors (Lipinski definition) is 2. The van der Waals surface area contributed by atoms with Gasteiger partial charge in [-0.05, 0) is 61.6 Å². The molecule has 1 aliphatic carbocycles. The third-order valence-corrected chi connectivity index (χ3v) is 6.89. The Morgan fingerprint density at radius 2 is 2.04 bits per heavy atom. The molecule has 1 saturated carbocycles. The summed E-state index contributed by atoms with van der Waals surface area (Å²) in [4.78, 5) is 16.5. The van der Waals surface area contributed by atoms with Gasteiger partial charge < -0.3 is 11.1 Å². The molecule has 3 N–H and O–H groups in total. The van der Waals surface area contributed by atoms with Gasteiger partial charge in [0, 0.05) is 30.9 Å². The zero-order valence-corrected chi connectivity index (χ0v) is 18.6. The molecule has 1 amide bonds. The monoisotopic (exact) mass is 435 g/mol. The van der Waals surface area contributed by atoms with E-state index in [0.29, 0.717) is 18.9 Å². The van der Waals surface area contributed by atoms with Crippen LogP contribution in [0.2, 0.25) is 0 Å². The van der Waals surface area contributed by atoms with Gasteiger partial charge in [-0.3, -0.25) is 9.69 Å². The van der Waals surface area contributed by atoms with Gasteiger partial charge in [-0.1, -0.05) is 25.3 Å². The molecule has 1 saturated heterocycles. The first kappa shape index (κ1) is 24.7. The van der Waals surface area contributed by atoms with Crippen molar-refractivity contribution >= 4 is 42.1 Å². The third-order valence-electron chi connectivity index (χ3n) is 6.03. The van der Waals surface area contributed by atoms with Crippen molar-refractivity contribution in [2.24, 2.45) is 17.1 Å². The summed E-state index contributed by atoms with van der Waals surface area (Å²) in [5.74, 6) is 0.792. The van der Waals surface area contributed by atoms with Gasteiger partial charge in [0.1, 0.15) is 0 Å². The first-order valence-corrected chi connectivity index (χ1v) is 10.8. The minimum Gasteiger partial charge on any atom is -0.356 e. The number of piperidine rings is 1. The van der Waals surface area contributed by atoms with E-state index in [0.717, 1.165) is 32.5 Å². The molecule has 7 heteroatoms. The van der Waals surface area contributed by atoms with Gasteiger partial charge in [0.2, 0.25) is 5.91 Å². The summed E-state index contributed by atoms with van der Waals surface area (Å²) in [6.07, 6.45) is 9.07. The van der Waals surface area contributed by atoms with Gasteiger partial charge in [-0.25, -0.2) is 0 Å². The smallest absolute Gasteiger partial charge is 0.220 e. The molecule has 1 aromatic rings. The Balaban J connectivity index is 0.00000182. The Bertz CT molecular complexity index is 535. The molecule has 0 bridgehead atoms. The number of thiophene rings is 1. The Morgan fingerprint density at radius 1 is 1.26 bits per heavy atom. The van der Waals surface area contributed by atoms with Crippen molar-refractivity contribution in [2.75, 3.05) is 26.2 Å². The summed E-state index contributed by atoms with van der Waals surface area (Å²) >= 11 is 1.83. The Kier molecular flexibility index (Phi) is 11.2. The predicted octanol–water partition coefficient (Wildman–Crippen LogP) is 4.22. The zero-order chi connectivity index (χ0) is 17.5. The molecule has 1 aliphatic heterocycles. The molecule has 27 heavy (non-hydrogen) atoms. The highest BCUT2D eigenvalue weighted by atomic mass is 35.5. The minimum atomic E-state index is 0. The van der Waals surface area contributed by atoms with Crippen LogP contribution >= 0.6 is 36.2 Å². The Morgan fingerprint density at radius 3 is 2.70 bits per heavy atom. The van der Waals surface area contributed by atoms with Crippen LogP contribution in [0.25, 0.3) is 0 Å². The van der Waals surface area contributed by atoms with E-state index in [4.69, 9.17) is 5.73 Å².